The fraction of sp³-hybridized carbons (Fsp3) is 0.0800. The Hall–Kier alpha value is -3.49. The lowest BCUT2D eigenvalue weighted by Gasteiger charge is -2.18. The lowest BCUT2D eigenvalue weighted by Crippen LogP contribution is -2.18. The van der Waals surface area contributed by atoms with Gasteiger partial charge in [-0.05, 0) is 36.4 Å². The van der Waals surface area contributed by atoms with Gasteiger partial charge in [0.15, 0.2) is 0 Å². The van der Waals surface area contributed by atoms with Crippen LogP contribution in [-0.4, -0.2) is 10.7 Å². The molecule has 6 nitrogen and oxygen atoms in total. The van der Waals surface area contributed by atoms with E-state index >= 15 is 0 Å². The third-order valence-corrected chi connectivity index (χ3v) is 6.92. The highest BCUT2D eigenvalue weighted by Crippen LogP contribution is 2.39. The van der Waals surface area contributed by atoms with E-state index in [0.717, 1.165) is 32.0 Å². The van der Waals surface area contributed by atoms with Gasteiger partial charge in [0.25, 0.3) is 0 Å². The molecule has 2 aromatic carbocycles. The van der Waals surface area contributed by atoms with Crippen LogP contribution in [0.2, 0.25) is 0 Å². The van der Waals surface area contributed by atoms with E-state index in [9.17, 15) is 4.79 Å². The number of fused-ring (bicyclic) bond motifs is 1. The molecule has 4 heterocycles. The number of hydrogen-bond acceptors (Lipinski definition) is 7. The number of benzene rings is 2. The van der Waals surface area contributed by atoms with E-state index in [1.807, 2.05) is 71.1 Å². The second kappa shape index (κ2) is 8.13. The Morgan fingerprint density at radius 3 is 2.73 bits per heavy atom. The number of hydrogen-bond donors (Lipinski definition) is 0. The molecule has 1 aliphatic heterocycles. The first-order valence-corrected chi connectivity index (χ1v) is 12.0. The molecule has 6 rings (SSSR count). The van der Waals surface area contributed by atoms with Crippen LogP contribution in [0.25, 0.3) is 22.2 Å². The summed E-state index contributed by atoms with van der Waals surface area (Å²) in [5.41, 5.74) is 3.16. The first-order chi connectivity index (χ1) is 16.2. The molecule has 162 valence electrons. The molecule has 8 heteroatoms. The zero-order chi connectivity index (χ0) is 22.4. The van der Waals surface area contributed by atoms with E-state index < -0.39 is 5.63 Å². The molecule has 0 fully saturated rings. The summed E-state index contributed by atoms with van der Waals surface area (Å²) in [6.45, 7) is 0. The Balaban J connectivity index is 1.42. The molecule has 0 saturated heterocycles. The highest BCUT2D eigenvalue weighted by molar-refractivity contribution is 9.10. The minimum Gasteiger partial charge on any atom is -0.467 e. The van der Waals surface area contributed by atoms with Gasteiger partial charge in [0.05, 0.1) is 23.2 Å². The fourth-order valence-corrected chi connectivity index (χ4v) is 5.04. The second-order valence-electron chi connectivity index (χ2n) is 7.63. The maximum atomic E-state index is 12.8. The second-order valence-corrected chi connectivity index (χ2v) is 9.39. The van der Waals surface area contributed by atoms with Crippen molar-refractivity contribution < 1.29 is 8.83 Å². The average Bonchev–Trinajstić information content (AvgIpc) is 3.59. The number of rotatable bonds is 4. The van der Waals surface area contributed by atoms with Crippen LogP contribution in [0.1, 0.15) is 23.8 Å². The summed E-state index contributed by atoms with van der Waals surface area (Å²) in [5, 5.41) is 10.3. The lowest BCUT2D eigenvalue weighted by molar-refractivity contribution is 0.465. The monoisotopic (exact) mass is 517 g/mol. The Bertz CT molecular complexity index is 1540. The Labute approximate surface area is 200 Å². The van der Waals surface area contributed by atoms with Gasteiger partial charge in [-0.25, -0.2) is 14.8 Å². The largest absolute Gasteiger partial charge is 0.467 e. The van der Waals surface area contributed by atoms with Gasteiger partial charge in [-0.15, -0.1) is 11.3 Å². The molecule has 0 bridgehead atoms. The number of aromatic nitrogens is 1. The normalized spacial score (nSPS) is 15.8. The molecule has 5 aromatic rings. The van der Waals surface area contributed by atoms with Crippen molar-refractivity contribution in [2.45, 2.75) is 12.5 Å². The van der Waals surface area contributed by atoms with Crippen LogP contribution in [0, 0.1) is 0 Å². The molecule has 1 atom stereocenters. The Morgan fingerprint density at radius 2 is 1.91 bits per heavy atom. The molecule has 0 N–H and O–H groups in total. The zero-order valence-electron chi connectivity index (χ0n) is 17.1. The highest BCUT2D eigenvalue weighted by atomic mass is 79.9. The van der Waals surface area contributed by atoms with Crippen molar-refractivity contribution >= 4 is 49.1 Å². The predicted octanol–water partition coefficient (Wildman–Crippen LogP) is 6.63. The molecule has 1 unspecified atom stereocenters. The van der Waals surface area contributed by atoms with Crippen molar-refractivity contribution in [3.63, 3.8) is 0 Å². The summed E-state index contributed by atoms with van der Waals surface area (Å²) in [7, 11) is 0. The molecular formula is C25H16BrN3O3S. The molecular weight excluding hydrogens is 502 g/mol. The van der Waals surface area contributed by atoms with Gasteiger partial charge in [-0.1, -0.05) is 46.3 Å². The zero-order valence-corrected chi connectivity index (χ0v) is 19.5. The van der Waals surface area contributed by atoms with Crippen molar-refractivity contribution in [1.29, 1.82) is 0 Å². The van der Waals surface area contributed by atoms with Gasteiger partial charge in [-0.3, -0.25) is 0 Å². The minimum atomic E-state index is -0.401. The molecule has 0 aliphatic carbocycles. The van der Waals surface area contributed by atoms with Crippen molar-refractivity contribution in [2.24, 2.45) is 5.10 Å². The van der Waals surface area contributed by atoms with Crippen LogP contribution in [0.4, 0.5) is 5.13 Å². The Morgan fingerprint density at radius 1 is 1.06 bits per heavy atom. The average molecular weight is 518 g/mol. The third-order valence-electron chi connectivity index (χ3n) is 5.56. The summed E-state index contributed by atoms with van der Waals surface area (Å²) in [6.07, 6.45) is 2.15. The SMILES string of the molecule is O=c1oc2ccccc2cc1C1=NN(c2nc(-c3ccc(Br)cc3)cs2)C(c2ccco2)C1. The van der Waals surface area contributed by atoms with Crippen LogP contribution in [0.3, 0.4) is 0 Å². The lowest BCUT2D eigenvalue weighted by atomic mass is 10.0. The minimum absolute atomic E-state index is 0.204. The number of anilines is 1. The van der Waals surface area contributed by atoms with Crippen molar-refractivity contribution in [3.05, 3.63) is 105 Å². The van der Waals surface area contributed by atoms with Gasteiger partial charge in [0, 0.05) is 27.2 Å². The Kier molecular flexibility index (Phi) is 4.96. The standard InChI is InChI=1S/C25H16BrN3O3S/c26-17-9-7-15(8-10-17)20-14-33-25(27-20)29-21(23-6-3-11-31-23)13-19(28-29)18-12-16-4-1-2-5-22(16)32-24(18)30/h1-12,14,21H,13H2. The molecule has 1 aliphatic rings. The number of thiazole rings is 1. The summed E-state index contributed by atoms with van der Waals surface area (Å²) in [5.74, 6) is 0.763. The number of nitrogens with zero attached hydrogens (tertiary/aromatic N) is 3. The van der Waals surface area contributed by atoms with Crippen LogP contribution in [0.15, 0.2) is 102 Å². The molecule has 3 aromatic heterocycles. The highest BCUT2D eigenvalue weighted by Gasteiger charge is 2.34. The van der Waals surface area contributed by atoms with Gasteiger partial charge in [0.1, 0.15) is 17.4 Å². The first kappa shape index (κ1) is 20.1. The smallest absolute Gasteiger partial charge is 0.345 e. The molecule has 0 saturated carbocycles. The van der Waals surface area contributed by atoms with Crippen molar-refractivity contribution in [3.8, 4) is 11.3 Å². The van der Waals surface area contributed by atoms with Crippen molar-refractivity contribution in [2.75, 3.05) is 5.01 Å². The van der Waals surface area contributed by atoms with Gasteiger partial charge < -0.3 is 8.83 Å². The van der Waals surface area contributed by atoms with Crippen LogP contribution in [0.5, 0.6) is 0 Å². The molecule has 0 radical (unpaired) electrons. The maximum absolute atomic E-state index is 12.8. The third kappa shape index (κ3) is 3.71. The summed E-state index contributed by atoms with van der Waals surface area (Å²) in [4.78, 5) is 17.6. The molecule has 33 heavy (non-hydrogen) atoms. The fourth-order valence-electron chi connectivity index (χ4n) is 3.94. The number of para-hydroxylation sites is 1. The van der Waals surface area contributed by atoms with E-state index in [4.69, 9.17) is 18.9 Å². The van der Waals surface area contributed by atoms with Gasteiger partial charge >= 0.3 is 5.63 Å². The van der Waals surface area contributed by atoms with E-state index in [0.29, 0.717) is 23.3 Å². The van der Waals surface area contributed by atoms with Gasteiger partial charge in [-0.2, -0.15) is 5.10 Å². The van der Waals surface area contributed by atoms with Gasteiger partial charge in [0.2, 0.25) is 5.13 Å². The van der Waals surface area contributed by atoms with Crippen LogP contribution < -0.4 is 10.6 Å². The summed E-state index contributed by atoms with van der Waals surface area (Å²) in [6, 6.07) is 20.9. The molecule has 0 amide bonds. The quantitative estimate of drug-likeness (QED) is 0.250. The molecule has 0 spiro atoms. The van der Waals surface area contributed by atoms with Crippen LogP contribution in [-0.2, 0) is 0 Å². The topological polar surface area (TPSA) is 71.8 Å². The van der Waals surface area contributed by atoms with E-state index in [2.05, 4.69) is 15.9 Å². The van der Waals surface area contributed by atoms with Crippen LogP contribution >= 0.6 is 27.3 Å². The van der Waals surface area contributed by atoms with E-state index in [-0.39, 0.29) is 6.04 Å². The number of furan rings is 1. The van der Waals surface area contributed by atoms with Crippen molar-refractivity contribution in [1.82, 2.24) is 4.98 Å². The van der Waals surface area contributed by atoms with E-state index in [1.165, 1.54) is 11.3 Å². The summed E-state index contributed by atoms with van der Waals surface area (Å²) < 4.78 is 12.3. The predicted molar refractivity (Wildman–Crippen MR) is 133 cm³/mol. The summed E-state index contributed by atoms with van der Waals surface area (Å²) >= 11 is 4.97. The number of hydrazone groups is 1. The van der Waals surface area contributed by atoms with E-state index in [1.54, 1.807) is 12.3 Å². The maximum Gasteiger partial charge on any atom is 0.345 e. The number of halogens is 1. The first-order valence-electron chi connectivity index (χ1n) is 10.3.